The number of sulfonamides is 1. The summed E-state index contributed by atoms with van der Waals surface area (Å²) in [5, 5.41) is 20.9. The van der Waals surface area contributed by atoms with Gasteiger partial charge < -0.3 is 5.11 Å². The van der Waals surface area contributed by atoms with Gasteiger partial charge in [0.2, 0.25) is 10.0 Å². The van der Waals surface area contributed by atoms with Crippen LogP contribution in [0.4, 0.5) is 0 Å². The van der Waals surface area contributed by atoms with Crippen LogP contribution in [0.25, 0.3) is 0 Å². The summed E-state index contributed by atoms with van der Waals surface area (Å²) in [7, 11) is -3.89. The second-order valence-electron chi connectivity index (χ2n) is 4.44. The highest BCUT2D eigenvalue weighted by Gasteiger charge is 2.27. The second-order valence-corrected chi connectivity index (χ2v) is 7.16. The number of hydrogen-bond donors (Lipinski definition) is 1. The van der Waals surface area contributed by atoms with Crippen molar-refractivity contribution in [1.82, 2.24) is 4.31 Å². The standard InChI is InChI=1S/C14H12N2O4S2/c15-7-11-2-1-3-12(6-11)8-16(9-14(17)18)22(19,20)13-4-5-21-10-13/h1-6,10H,8-9H2,(H,17,18). The molecule has 22 heavy (non-hydrogen) atoms. The first-order valence-corrected chi connectivity index (χ1v) is 8.55. The zero-order valence-corrected chi connectivity index (χ0v) is 13.0. The van der Waals surface area contributed by atoms with Gasteiger partial charge in [0.1, 0.15) is 6.54 Å². The lowest BCUT2D eigenvalue weighted by Crippen LogP contribution is -2.35. The molecule has 2 aromatic rings. The van der Waals surface area contributed by atoms with Crippen molar-refractivity contribution in [1.29, 1.82) is 5.26 Å². The number of nitriles is 1. The van der Waals surface area contributed by atoms with E-state index >= 15 is 0 Å². The number of carboxylic acid groups (broad SMARTS) is 1. The molecule has 0 saturated heterocycles. The van der Waals surface area contributed by atoms with Gasteiger partial charge in [-0.1, -0.05) is 12.1 Å². The maximum Gasteiger partial charge on any atom is 0.318 e. The highest BCUT2D eigenvalue weighted by atomic mass is 32.2. The van der Waals surface area contributed by atoms with Crippen LogP contribution in [0.3, 0.4) is 0 Å². The lowest BCUT2D eigenvalue weighted by atomic mass is 10.1. The van der Waals surface area contributed by atoms with E-state index in [2.05, 4.69) is 0 Å². The molecule has 0 radical (unpaired) electrons. The Labute approximate surface area is 131 Å². The smallest absolute Gasteiger partial charge is 0.318 e. The van der Waals surface area contributed by atoms with Crippen molar-refractivity contribution in [2.75, 3.05) is 6.54 Å². The van der Waals surface area contributed by atoms with Crippen molar-refractivity contribution in [3.05, 3.63) is 52.2 Å². The molecule has 0 saturated carbocycles. The maximum atomic E-state index is 12.5. The quantitative estimate of drug-likeness (QED) is 0.868. The molecule has 0 amide bonds. The van der Waals surface area contributed by atoms with E-state index in [9.17, 15) is 13.2 Å². The molecular formula is C14H12N2O4S2. The predicted octanol–water partition coefficient (Wildman–Crippen LogP) is 1.90. The van der Waals surface area contributed by atoms with Crippen LogP contribution in [0.2, 0.25) is 0 Å². The average molecular weight is 336 g/mol. The van der Waals surface area contributed by atoms with E-state index in [-0.39, 0.29) is 11.4 Å². The van der Waals surface area contributed by atoms with Gasteiger partial charge in [0.25, 0.3) is 0 Å². The fraction of sp³-hybridized carbons (Fsp3) is 0.143. The molecule has 1 aromatic carbocycles. The molecule has 0 bridgehead atoms. The van der Waals surface area contributed by atoms with Gasteiger partial charge in [-0.15, -0.1) is 0 Å². The van der Waals surface area contributed by atoms with Crippen molar-refractivity contribution in [3.63, 3.8) is 0 Å². The minimum absolute atomic E-state index is 0.0650. The van der Waals surface area contributed by atoms with Crippen LogP contribution in [-0.4, -0.2) is 30.3 Å². The van der Waals surface area contributed by atoms with E-state index in [1.165, 1.54) is 28.8 Å². The minimum atomic E-state index is -3.89. The topological polar surface area (TPSA) is 98.5 Å². The molecule has 0 aliphatic rings. The summed E-state index contributed by atoms with van der Waals surface area (Å²) in [6, 6.07) is 9.81. The van der Waals surface area contributed by atoms with E-state index in [0.717, 1.165) is 4.31 Å². The van der Waals surface area contributed by atoms with Gasteiger partial charge in [-0.2, -0.15) is 20.9 Å². The number of carbonyl (C=O) groups is 1. The van der Waals surface area contributed by atoms with Crippen LogP contribution in [-0.2, 0) is 21.4 Å². The molecule has 0 atom stereocenters. The van der Waals surface area contributed by atoms with Gasteiger partial charge in [-0.05, 0) is 29.1 Å². The molecule has 2 rings (SSSR count). The van der Waals surface area contributed by atoms with E-state index in [1.54, 1.807) is 23.6 Å². The summed E-state index contributed by atoms with van der Waals surface area (Å²) in [5.74, 6) is -1.24. The van der Waals surface area contributed by atoms with Gasteiger partial charge in [-0.3, -0.25) is 4.79 Å². The van der Waals surface area contributed by atoms with Gasteiger partial charge in [0.05, 0.1) is 16.5 Å². The summed E-state index contributed by atoms with van der Waals surface area (Å²) < 4.78 is 25.9. The molecule has 0 aliphatic carbocycles. The van der Waals surface area contributed by atoms with Crippen molar-refractivity contribution in [3.8, 4) is 6.07 Å². The Kier molecular flexibility index (Phi) is 4.92. The van der Waals surface area contributed by atoms with Crippen molar-refractivity contribution in [2.24, 2.45) is 0 Å². The monoisotopic (exact) mass is 336 g/mol. The number of carboxylic acids is 1. The maximum absolute atomic E-state index is 12.5. The first-order valence-electron chi connectivity index (χ1n) is 6.16. The number of nitrogens with zero attached hydrogens (tertiary/aromatic N) is 2. The zero-order valence-electron chi connectivity index (χ0n) is 11.3. The van der Waals surface area contributed by atoms with E-state index in [1.807, 2.05) is 6.07 Å². The van der Waals surface area contributed by atoms with Crippen molar-refractivity contribution in [2.45, 2.75) is 11.4 Å². The first kappa shape index (κ1) is 16.2. The summed E-state index contributed by atoms with van der Waals surface area (Å²) in [4.78, 5) is 11.0. The van der Waals surface area contributed by atoms with Crippen LogP contribution < -0.4 is 0 Å². The number of hydrogen-bond acceptors (Lipinski definition) is 5. The normalized spacial score (nSPS) is 11.3. The number of aliphatic carboxylic acids is 1. The lowest BCUT2D eigenvalue weighted by molar-refractivity contribution is -0.137. The third-order valence-corrected chi connectivity index (χ3v) is 5.48. The summed E-state index contributed by atoms with van der Waals surface area (Å²) in [6.45, 7) is -0.755. The Bertz CT molecular complexity index is 808. The van der Waals surface area contributed by atoms with Crippen LogP contribution in [0, 0.1) is 11.3 Å². The Morgan fingerprint density at radius 2 is 2.14 bits per heavy atom. The lowest BCUT2D eigenvalue weighted by Gasteiger charge is -2.19. The molecule has 6 nitrogen and oxygen atoms in total. The Balaban J connectivity index is 2.35. The second kappa shape index (κ2) is 6.70. The summed E-state index contributed by atoms with van der Waals surface area (Å²) >= 11 is 1.22. The fourth-order valence-corrected chi connectivity index (χ4v) is 4.26. The molecule has 0 spiro atoms. The molecule has 114 valence electrons. The molecule has 0 aliphatic heterocycles. The number of benzene rings is 1. The molecule has 1 aromatic heterocycles. The Hall–Kier alpha value is -2.21. The predicted molar refractivity (Wildman–Crippen MR) is 80.7 cm³/mol. The van der Waals surface area contributed by atoms with Gasteiger partial charge in [-0.25, -0.2) is 8.42 Å². The van der Waals surface area contributed by atoms with Gasteiger partial charge in [0.15, 0.2) is 0 Å². The van der Waals surface area contributed by atoms with Crippen LogP contribution in [0.1, 0.15) is 11.1 Å². The van der Waals surface area contributed by atoms with Gasteiger partial charge >= 0.3 is 5.97 Å². The largest absolute Gasteiger partial charge is 0.480 e. The highest BCUT2D eigenvalue weighted by molar-refractivity contribution is 7.89. The summed E-state index contributed by atoms with van der Waals surface area (Å²) in [6.07, 6.45) is 0. The van der Waals surface area contributed by atoms with E-state index in [0.29, 0.717) is 11.1 Å². The van der Waals surface area contributed by atoms with Crippen LogP contribution >= 0.6 is 11.3 Å². The SMILES string of the molecule is N#Cc1cccc(CN(CC(=O)O)S(=O)(=O)c2ccsc2)c1. The average Bonchev–Trinajstić information content (AvgIpc) is 3.01. The Morgan fingerprint density at radius 1 is 1.36 bits per heavy atom. The van der Waals surface area contributed by atoms with Crippen molar-refractivity contribution < 1.29 is 18.3 Å². The molecule has 8 heteroatoms. The van der Waals surface area contributed by atoms with Gasteiger partial charge in [0, 0.05) is 11.9 Å². The van der Waals surface area contributed by atoms with E-state index in [4.69, 9.17) is 10.4 Å². The summed E-state index contributed by atoms with van der Waals surface area (Å²) in [5.41, 5.74) is 0.944. The Morgan fingerprint density at radius 3 is 2.73 bits per heavy atom. The molecule has 0 fully saturated rings. The highest BCUT2D eigenvalue weighted by Crippen LogP contribution is 2.20. The third kappa shape index (κ3) is 3.71. The molecule has 1 N–H and O–H groups in total. The number of thiophene rings is 1. The third-order valence-electron chi connectivity index (χ3n) is 2.86. The molecular weight excluding hydrogens is 324 g/mol. The molecule has 1 heterocycles. The minimum Gasteiger partial charge on any atom is -0.480 e. The fourth-order valence-electron chi connectivity index (χ4n) is 1.87. The number of rotatable bonds is 6. The molecule has 0 unspecified atom stereocenters. The first-order chi connectivity index (χ1) is 10.4. The van der Waals surface area contributed by atoms with Crippen molar-refractivity contribution >= 4 is 27.3 Å². The van der Waals surface area contributed by atoms with E-state index < -0.39 is 22.5 Å². The van der Waals surface area contributed by atoms with Crippen LogP contribution in [0.5, 0.6) is 0 Å². The van der Waals surface area contributed by atoms with Crippen LogP contribution in [0.15, 0.2) is 46.0 Å². The zero-order chi connectivity index (χ0) is 16.2.